The van der Waals surface area contributed by atoms with Crippen LogP contribution in [0.2, 0.25) is 0 Å². The summed E-state index contributed by atoms with van der Waals surface area (Å²) in [4.78, 5) is 15.2. The number of hydrogen-bond donors (Lipinski definition) is 3. The monoisotopic (exact) mass is 239 g/mol. The molecule has 0 aliphatic heterocycles. The van der Waals surface area contributed by atoms with Gasteiger partial charge in [0.15, 0.2) is 0 Å². The third-order valence-corrected chi connectivity index (χ3v) is 1.67. The fourth-order valence-electron chi connectivity index (χ4n) is 1.03. The topological polar surface area (TPSA) is 83.5 Å². The molecule has 0 bridgehead atoms. The number of carbonyl (C=O) groups excluding carboxylic acids is 1. The second kappa shape index (κ2) is 5.49. The molecular formula is C11H17N3O3. The van der Waals surface area contributed by atoms with Gasteiger partial charge < -0.3 is 9.84 Å². The Morgan fingerprint density at radius 2 is 2.18 bits per heavy atom. The average molecular weight is 239 g/mol. The number of nitrogens with zero attached hydrogens (tertiary/aromatic N) is 1. The maximum atomic E-state index is 11.2. The molecule has 0 aliphatic rings. The molecule has 0 atom stereocenters. The van der Waals surface area contributed by atoms with Gasteiger partial charge in [-0.05, 0) is 32.9 Å². The summed E-state index contributed by atoms with van der Waals surface area (Å²) < 4.78 is 5.02. The molecule has 6 heteroatoms. The van der Waals surface area contributed by atoms with Crippen LogP contribution in [0.5, 0.6) is 5.75 Å². The standard InChI is InChI=1S/C11H17N3O3/c1-11(2,3)17-10(16)14-13-6-8-4-5-9(15)7-12-8/h4-5,7,13,15H,6H2,1-3H3,(H,14,16). The van der Waals surface area contributed by atoms with Gasteiger partial charge in [-0.2, -0.15) is 0 Å². The first-order chi connectivity index (χ1) is 7.87. The number of rotatable bonds is 3. The molecule has 3 N–H and O–H groups in total. The van der Waals surface area contributed by atoms with Crippen molar-refractivity contribution in [3.05, 3.63) is 24.0 Å². The van der Waals surface area contributed by atoms with Gasteiger partial charge in [0.1, 0.15) is 11.4 Å². The van der Waals surface area contributed by atoms with Crippen LogP contribution in [0.25, 0.3) is 0 Å². The number of aromatic nitrogens is 1. The fraction of sp³-hybridized carbons (Fsp3) is 0.455. The van der Waals surface area contributed by atoms with Crippen molar-refractivity contribution in [3.63, 3.8) is 0 Å². The van der Waals surface area contributed by atoms with Gasteiger partial charge in [0.05, 0.1) is 18.4 Å². The largest absolute Gasteiger partial charge is 0.506 e. The molecule has 1 aromatic heterocycles. The van der Waals surface area contributed by atoms with E-state index >= 15 is 0 Å². The van der Waals surface area contributed by atoms with Crippen LogP contribution in [0, 0.1) is 0 Å². The first-order valence-corrected chi connectivity index (χ1v) is 5.22. The summed E-state index contributed by atoms with van der Waals surface area (Å²) in [7, 11) is 0. The highest BCUT2D eigenvalue weighted by atomic mass is 16.6. The van der Waals surface area contributed by atoms with Crippen LogP contribution in [-0.4, -0.2) is 21.8 Å². The predicted molar refractivity (Wildman–Crippen MR) is 62.1 cm³/mol. The molecule has 94 valence electrons. The Morgan fingerprint density at radius 3 is 2.71 bits per heavy atom. The fourth-order valence-corrected chi connectivity index (χ4v) is 1.03. The number of hydrazine groups is 1. The molecule has 1 amide bonds. The zero-order valence-corrected chi connectivity index (χ0v) is 10.2. The minimum atomic E-state index is -0.545. The average Bonchev–Trinajstić information content (AvgIpc) is 2.18. The SMILES string of the molecule is CC(C)(C)OC(=O)NNCc1ccc(O)cn1. The summed E-state index contributed by atoms with van der Waals surface area (Å²) in [5.74, 6) is 0.105. The maximum absolute atomic E-state index is 11.2. The smallest absolute Gasteiger partial charge is 0.422 e. The van der Waals surface area contributed by atoms with E-state index in [0.717, 1.165) is 0 Å². The zero-order valence-electron chi connectivity index (χ0n) is 10.2. The van der Waals surface area contributed by atoms with E-state index < -0.39 is 11.7 Å². The summed E-state index contributed by atoms with van der Waals surface area (Å²) in [6.45, 7) is 5.70. The first-order valence-electron chi connectivity index (χ1n) is 5.22. The minimum absolute atomic E-state index is 0.105. The Kier molecular flexibility index (Phi) is 4.28. The van der Waals surface area contributed by atoms with E-state index in [0.29, 0.717) is 12.2 Å². The highest BCUT2D eigenvalue weighted by Crippen LogP contribution is 2.06. The summed E-state index contributed by atoms with van der Waals surface area (Å²) in [6, 6.07) is 3.18. The van der Waals surface area contributed by atoms with Crippen LogP contribution in [0.15, 0.2) is 18.3 Å². The summed E-state index contributed by atoms with van der Waals surface area (Å²) in [6.07, 6.45) is 0.793. The van der Waals surface area contributed by atoms with Crippen molar-refractivity contribution in [1.82, 2.24) is 15.8 Å². The van der Waals surface area contributed by atoms with E-state index in [1.54, 1.807) is 26.8 Å². The number of hydrogen-bond acceptors (Lipinski definition) is 5. The van der Waals surface area contributed by atoms with E-state index in [1.165, 1.54) is 12.3 Å². The van der Waals surface area contributed by atoms with E-state index in [9.17, 15) is 4.79 Å². The van der Waals surface area contributed by atoms with Gasteiger partial charge in [-0.3, -0.25) is 10.4 Å². The second-order valence-electron chi connectivity index (χ2n) is 4.49. The van der Waals surface area contributed by atoms with Gasteiger partial charge >= 0.3 is 6.09 Å². The molecule has 0 radical (unpaired) electrons. The van der Waals surface area contributed by atoms with Gasteiger partial charge in [0.2, 0.25) is 0 Å². The summed E-state index contributed by atoms with van der Waals surface area (Å²) in [5.41, 5.74) is 5.23. The molecule has 1 heterocycles. The van der Waals surface area contributed by atoms with Gasteiger partial charge in [0.25, 0.3) is 0 Å². The van der Waals surface area contributed by atoms with Crippen molar-refractivity contribution in [2.45, 2.75) is 32.9 Å². The third kappa shape index (κ3) is 5.72. The minimum Gasteiger partial charge on any atom is -0.506 e. The van der Waals surface area contributed by atoms with Crippen LogP contribution in [0.4, 0.5) is 4.79 Å². The third-order valence-electron chi connectivity index (χ3n) is 1.67. The quantitative estimate of drug-likeness (QED) is 0.693. The van der Waals surface area contributed by atoms with E-state index in [2.05, 4.69) is 15.8 Å². The Morgan fingerprint density at radius 1 is 1.47 bits per heavy atom. The van der Waals surface area contributed by atoms with Crippen molar-refractivity contribution < 1.29 is 14.6 Å². The molecule has 1 rings (SSSR count). The molecule has 0 fully saturated rings. The summed E-state index contributed by atoms with van der Waals surface area (Å²) in [5, 5.41) is 9.03. The maximum Gasteiger partial charge on any atom is 0.422 e. The second-order valence-corrected chi connectivity index (χ2v) is 4.49. The highest BCUT2D eigenvalue weighted by molar-refractivity contribution is 5.66. The van der Waals surface area contributed by atoms with Crippen LogP contribution in [0.1, 0.15) is 26.5 Å². The molecule has 0 unspecified atom stereocenters. The van der Waals surface area contributed by atoms with Crippen molar-refractivity contribution in [1.29, 1.82) is 0 Å². The Bertz CT molecular complexity index is 371. The van der Waals surface area contributed by atoms with E-state index in [4.69, 9.17) is 9.84 Å². The van der Waals surface area contributed by atoms with Crippen molar-refractivity contribution in [2.75, 3.05) is 0 Å². The van der Waals surface area contributed by atoms with Gasteiger partial charge in [-0.1, -0.05) is 0 Å². The first kappa shape index (κ1) is 13.2. The Hall–Kier alpha value is -1.82. The van der Waals surface area contributed by atoms with Crippen molar-refractivity contribution in [2.24, 2.45) is 0 Å². The van der Waals surface area contributed by atoms with Crippen LogP contribution >= 0.6 is 0 Å². The zero-order chi connectivity index (χ0) is 12.9. The van der Waals surface area contributed by atoms with E-state index in [-0.39, 0.29) is 5.75 Å². The van der Waals surface area contributed by atoms with Crippen molar-refractivity contribution >= 4 is 6.09 Å². The number of nitrogens with one attached hydrogen (secondary N) is 2. The molecule has 17 heavy (non-hydrogen) atoms. The van der Waals surface area contributed by atoms with E-state index in [1.807, 2.05) is 0 Å². The number of amides is 1. The van der Waals surface area contributed by atoms with Gasteiger partial charge in [-0.25, -0.2) is 10.2 Å². The number of pyridine rings is 1. The Balaban J connectivity index is 2.28. The normalized spacial score (nSPS) is 11.0. The molecule has 0 saturated heterocycles. The molecule has 6 nitrogen and oxygen atoms in total. The molecule has 0 aliphatic carbocycles. The van der Waals surface area contributed by atoms with Crippen LogP contribution < -0.4 is 10.9 Å². The lowest BCUT2D eigenvalue weighted by atomic mass is 10.2. The lowest BCUT2D eigenvalue weighted by Crippen LogP contribution is -2.40. The lowest BCUT2D eigenvalue weighted by Gasteiger charge is -2.19. The molecule has 0 aromatic carbocycles. The van der Waals surface area contributed by atoms with Gasteiger partial charge in [-0.15, -0.1) is 0 Å². The van der Waals surface area contributed by atoms with Crippen LogP contribution in [0.3, 0.4) is 0 Å². The predicted octanol–water partition coefficient (Wildman–Crippen LogP) is 1.32. The highest BCUT2D eigenvalue weighted by Gasteiger charge is 2.15. The number of aromatic hydroxyl groups is 1. The van der Waals surface area contributed by atoms with Crippen LogP contribution in [-0.2, 0) is 11.3 Å². The molecule has 0 saturated carbocycles. The molecular weight excluding hydrogens is 222 g/mol. The summed E-state index contributed by atoms with van der Waals surface area (Å²) >= 11 is 0. The number of ether oxygens (including phenoxy) is 1. The lowest BCUT2D eigenvalue weighted by molar-refractivity contribution is 0.0496. The Labute approximate surface area is 100.0 Å². The number of carbonyl (C=O) groups is 1. The van der Waals surface area contributed by atoms with Crippen molar-refractivity contribution in [3.8, 4) is 5.75 Å². The molecule has 0 spiro atoms. The van der Waals surface area contributed by atoms with Gasteiger partial charge in [0, 0.05) is 0 Å². The molecule has 1 aromatic rings.